The minimum absolute atomic E-state index is 0.0686. The molecule has 8 heteroatoms. The Morgan fingerprint density at radius 2 is 1.69 bits per heavy atom. The van der Waals surface area contributed by atoms with Crippen LogP contribution in [-0.4, -0.2) is 49.7 Å². The molecule has 0 aliphatic carbocycles. The summed E-state index contributed by atoms with van der Waals surface area (Å²) in [6.45, 7) is 0.907. The van der Waals surface area contributed by atoms with E-state index < -0.39 is 11.5 Å². The largest absolute Gasteiger partial charge is 0.506 e. The average Bonchev–Trinajstić information content (AvgIpc) is 2.85. The number of hydrogen-bond donors (Lipinski definition) is 3. The van der Waals surface area contributed by atoms with E-state index in [9.17, 15) is 19.4 Å². The molecule has 0 atom stereocenters. The molecule has 5 rings (SSSR count). The lowest BCUT2D eigenvalue weighted by atomic mass is 9.86. The number of hydrogen-bond acceptors (Lipinski definition) is 6. The normalized spacial score (nSPS) is 14.7. The van der Waals surface area contributed by atoms with Crippen molar-refractivity contribution in [3.63, 3.8) is 0 Å². The van der Waals surface area contributed by atoms with Gasteiger partial charge in [-0.05, 0) is 61.4 Å². The lowest BCUT2D eigenvalue weighted by Gasteiger charge is -2.38. The summed E-state index contributed by atoms with van der Waals surface area (Å²) >= 11 is 0. The van der Waals surface area contributed by atoms with Gasteiger partial charge in [0, 0.05) is 48.0 Å². The molecule has 180 valence electrons. The number of likely N-dealkylation sites (tertiary alicyclic amines) is 1. The van der Waals surface area contributed by atoms with Crippen LogP contribution in [0.3, 0.4) is 0 Å². The number of piperidine rings is 1. The average molecular weight is 475 g/mol. The van der Waals surface area contributed by atoms with E-state index in [1.165, 1.54) is 6.07 Å². The number of phenols is 1. The molecule has 1 amide bonds. The molecule has 1 saturated heterocycles. The number of aromatic hydroxyl groups is 1. The highest BCUT2D eigenvalue weighted by Crippen LogP contribution is 2.27. The number of aliphatic hydroxyl groups is 1. The SMILES string of the molecule is Nc1ccc(C(=O)N2CCC(O)(Cc3cccc(F)n3)CC2)cc1.Oc1cccc2cccnc12. The van der Waals surface area contributed by atoms with Gasteiger partial charge < -0.3 is 20.8 Å². The molecule has 4 N–H and O–H groups in total. The molecule has 2 aromatic heterocycles. The van der Waals surface area contributed by atoms with Gasteiger partial charge in [-0.1, -0.05) is 24.3 Å². The van der Waals surface area contributed by atoms with Crippen LogP contribution in [0.25, 0.3) is 10.9 Å². The number of amides is 1. The van der Waals surface area contributed by atoms with Crippen LogP contribution >= 0.6 is 0 Å². The highest BCUT2D eigenvalue weighted by molar-refractivity contribution is 5.94. The van der Waals surface area contributed by atoms with Crippen molar-refractivity contribution in [1.82, 2.24) is 14.9 Å². The molecule has 35 heavy (non-hydrogen) atoms. The van der Waals surface area contributed by atoms with Crippen molar-refractivity contribution < 1.29 is 19.4 Å². The zero-order valence-electron chi connectivity index (χ0n) is 19.1. The Hall–Kier alpha value is -4.04. The summed E-state index contributed by atoms with van der Waals surface area (Å²) in [4.78, 5) is 22.0. The maximum Gasteiger partial charge on any atom is 0.253 e. The molecule has 0 bridgehead atoms. The maximum absolute atomic E-state index is 13.2. The summed E-state index contributed by atoms with van der Waals surface area (Å²) in [5.74, 6) is -0.379. The molecule has 1 aliphatic heterocycles. The van der Waals surface area contributed by atoms with E-state index in [-0.39, 0.29) is 18.1 Å². The van der Waals surface area contributed by atoms with E-state index in [4.69, 9.17) is 5.73 Å². The van der Waals surface area contributed by atoms with Gasteiger partial charge in [0.05, 0.1) is 5.60 Å². The fraction of sp³-hybridized carbons (Fsp3) is 0.222. The number of carbonyl (C=O) groups excluding carboxylic acids is 1. The quantitative estimate of drug-likeness (QED) is 0.306. The van der Waals surface area contributed by atoms with Crippen molar-refractivity contribution in [3.8, 4) is 5.75 Å². The minimum Gasteiger partial charge on any atom is -0.506 e. The number of anilines is 1. The summed E-state index contributed by atoms with van der Waals surface area (Å²) in [7, 11) is 0. The van der Waals surface area contributed by atoms with Gasteiger partial charge in [-0.25, -0.2) is 4.98 Å². The minimum atomic E-state index is -0.960. The maximum atomic E-state index is 13.2. The van der Waals surface area contributed by atoms with Crippen LogP contribution in [0.5, 0.6) is 5.75 Å². The van der Waals surface area contributed by atoms with Crippen molar-refractivity contribution in [2.24, 2.45) is 0 Å². The molecule has 4 aromatic rings. The first kappa shape index (κ1) is 24.1. The predicted molar refractivity (Wildman–Crippen MR) is 132 cm³/mol. The smallest absolute Gasteiger partial charge is 0.253 e. The highest BCUT2D eigenvalue weighted by Gasteiger charge is 2.34. The number of pyridine rings is 2. The number of benzene rings is 2. The van der Waals surface area contributed by atoms with Gasteiger partial charge in [-0.3, -0.25) is 9.78 Å². The first-order chi connectivity index (χ1) is 16.8. The molecule has 2 aromatic carbocycles. The first-order valence-electron chi connectivity index (χ1n) is 11.3. The molecular weight excluding hydrogens is 447 g/mol. The Morgan fingerprint density at radius 3 is 2.37 bits per heavy atom. The molecule has 1 fully saturated rings. The van der Waals surface area contributed by atoms with E-state index in [0.29, 0.717) is 48.4 Å². The van der Waals surface area contributed by atoms with E-state index in [2.05, 4.69) is 9.97 Å². The van der Waals surface area contributed by atoms with Crippen molar-refractivity contribution in [1.29, 1.82) is 0 Å². The van der Waals surface area contributed by atoms with Crippen molar-refractivity contribution in [2.45, 2.75) is 24.9 Å². The van der Waals surface area contributed by atoms with Gasteiger partial charge in [-0.15, -0.1) is 0 Å². The summed E-state index contributed by atoms with van der Waals surface area (Å²) < 4.78 is 13.2. The molecule has 0 radical (unpaired) electrons. The summed E-state index contributed by atoms with van der Waals surface area (Å²) in [5, 5.41) is 21.0. The third kappa shape index (κ3) is 6.10. The standard InChI is InChI=1S/C18H20FN3O2.C9H7NO/c19-16-3-1-2-15(21-16)12-18(24)8-10-22(11-9-18)17(23)13-4-6-14(20)7-5-13;11-8-5-1-3-7-4-2-6-10-9(7)8/h1-7,24H,8-12,20H2;1-6,11H. The Bertz CT molecular complexity index is 1300. The second-order valence-corrected chi connectivity index (χ2v) is 8.62. The number of nitrogen functional groups attached to an aromatic ring is 1. The number of rotatable bonds is 3. The van der Waals surface area contributed by atoms with Gasteiger partial charge >= 0.3 is 0 Å². The highest BCUT2D eigenvalue weighted by atomic mass is 19.1. The lowest BCUT2D eigenvalue weighted by molar-refractivity contribution is -0.0169. The molecule has 7 nitrogen and oxygen atoms in total. The van der Waals surface area contributed by atoms with Crippen LogP contribution in [0.1, 0.15) is 28.9 Å². The number of aromatic nitrogens is 2. The molecule has 0 saturated carbocycles. The van der Waals surface area contributed by atoms with Crippen LogP contribution in [-0.2, 0) is 6.42 Å². The monoisotopic (exact) mass is 474 g/mol. The van der Waals surface area contributed by atoms with Gasteiger partial charge in [0.1, 0.15) is 11.3 Å². The van der Waals surface area contributed by atoms with Crippen LogP contribution in [0, 0.1) is 5.95 Å². The van der Waals surface area contributed by atoms with Crippen LogP contribution in [0.4, 0.5) is 10.1 Å². The van der Waals surface area contributed by atoms with Gasteiger partial charge in [0.25, 0.3) is 5.91 Å². The van der Waals surface area contributed by atoms with E-state index in [0.717, 1.165) is 5.39 Å². The Kier molecular flexibility index (Phi) is 7.22. The van der Waals surface area contributed by atoms with E-state index in [1.54, 1.807) is 59.6 Å². The number of para-hydroxylation sites is 1. The lowest BCUT2D eigenvalue weighted by Crippen LogP contribution is -2.47. The van der Waals surface area contributed by atoms with Gasteiger partial charge in [0.15, 0.2) is 0 Å². The van der Waals surface area contributed by atoms with Crippen molar-refractivity contribution in [2.75, 3.05) is 18.8 Å². The third-order valence-electron chi connectivity index (χ3n) is 6.03. The van der Waals surface area contributed by atoms with E-state index in [1.807, 2.05) is 18.2 Å². The van der Waals surface area contributed by atoms with Crippen LogP contribution in [0.15, 0.2) is 79.0 Å². The van der Waals surface area contributed by atoms with Crippen molar-refractivity contribution >= 4 is 22.5 Å². The number of nitrogens with zero attached hydrogens (tertiary/aromatic N) is 3. The first-order valence-corrected chi connectivity index (χ1v) is 11.3. The molecule has 0 unspecified atom stereocenters. The van der Waals surface area contributed by atoms with Crippen LogP contribution in [0.2, 0.25) is 0 Å². The summed E-state index contributed by atoms with van der Waals surface area (Å²) in [5.41, 5.74) is 7.06. The fourth-order valence-electron chi connectivity index (χ4n) is 4.09. The Morgan fingerprint density at radius 1 is 1.00 bits per heavy atom. The number of nitrogens with two attached hydrogens (primary N) is 1. The second-order valence-electron chi connectivity index (χ2n) is 8.62. The number of carbonyl (C=O) groups is 1. The molecule has 3 heterocycles. The zero-order chi connectivity index (χ0) is 24.8. The Labute approximate surface area is 202 Å². The van der Waals surface area contributed by atoms with Gasteiger partial charge in [0.2, 0.25) is 5.95 Å². The van der Waals surface area contributed by atoms with Crippen LogP contribution < -0.4 is 5.73 Å². The van der Waals surface area contributed by atoms with Gasteiger partial charge in [-0.2, -0.15) is 4.39 Å². The number of phenolic OH excluding ortho intramolecular Hbond substituents is 1. The predicted octanol–water partition coefficient (Wildman–Crippen LogP) is 3.95. The molecular formula is C27H27FN4O3. The molecule has 1 aliphatic rings. The Balaban J connectivity index is 0.000000218. The number of halogens is 1. The summed E-state index contributed by atoms with van der Waals surface area (Å²) in [6, 6.07) is 20.5. The number of fused-ring (bicyclic) bond motifs is 1. The third-order valence-corrected chi connectivity index (χ3v) is 6.03. The summed E-state index contributed by atoms with van der Waals surface area (Å²) in [6.07, 6.45) is 2.83. The second kappa shape index (κ2) is 10.5. The zero-order valence-corrected chi connectivity index (χ0v) is 19.1. The fourth-order valence-corrected chi connectivity index (χ4v) is 4.09. The topological polar surface area (TPSA) is 113 Å². The van der Waals surface area contributed by atoms with E-state index >= 15 is 0 Å². The van der Waals surface area contributed by atoms with Crippen molar-refractivity contribution in [3.05, 3.63) is 96.2 Å². The molecule has 0 spiro atoms.